The molecule has 0 radical (unpaired) electrons. The van der Waals surface area contributed by atoms with Crippen LogP contribution < -0.4 is 9.64 Å². The summed E-state index contributed by atoms with van der Waals surface area (Å²) in [7, 11) is 0. The largest absolute Gasteiger partial charge is 0.488 e. The summed E-state index contributed by atoms with van der Waals surface area (Å²) in [6.45, 7) is 2.45. The lowest BCUT2D eigenvalue weighted by Crippen LogP contribution is -3.14. The molecule has 0 aliphatic carbocycles. The second-order valence-corrected chi connectivity index (χ2v) is 9.56. The topological polar surface area (TPSA) is 54.1 Å². The van der Waals surface area contributed by atoms with Gasteiger partial charge in [-0.2, -0.15) is 0 Å². The molecule has 1 aliphatic heterocycles. The standard InChI is InChI=1S/C27H29Cl2NO3/c28-24-12-7-13-25(29)26(24)33-19-23(31)18-30-16-14-22(15-17-30)27(32,20-8-3-1-4-9-20)21-10-5-2-6-11-21/h1-13,22-23,31-32H,14-19H2/p+1/t23-/m1/s1. The molecule has 0 amide bonds. The van der Waals surface area contributed by atoms with E-state index in [2.05, 4.69) is 0 Å². The second-order valence-electron chi connectivity index (χ2n) is 8.74. The third-order valence-electron chi connectivity index (χ3n) is 6.57. The number of quaternary nitrogens is 1. The van der Waals surface area contributed by atoms with Crippen molar-refractivity contribution in [3.8, 4) is 5.75 Å². The number of ether oxygens (including phenoxy) is 1. The van der Waals surface area contributed by atoms with Crippen LogP contribution in [0.3, 0.4) is 0 Å². The average Bonchev–Trinajstić information content (AvgIpc) is 2.85. The maximum Gasteiger partial charge on any atom is 0.156 e. The van der Waals surface area contributed by atoms with Crippen molar-refractivity contribution >= 4 is 23.2 Å². The summed E-state index contributed by atoms with van der Waals surface area (Å²) >= 11 is 12.3. The maximum atomic E-state index is 12.0. The van der Waals surface area contributed by atoms with E-state index in [1.165, 1.54) is 4.90 Å². The van der Waals surface area contributed by atoms with Crippen molar-refractivity contribution in [2.24, 2.45) is 5.92 Å². The molecule has 3 N–H and O–H groups in total. The predicted molar refractivity (Wildman–Crippen MR) is 132 cm³/mol. The van der Waals surface area contributed by atoms with Crippen molar-refractivity contribution < 1.29 is 19.8 Å². The van der Waals surface area contributed by atoms with Gasteiger partial charge in [0.2, 0.25) is 0 Å². The Balaban J connectivity index is 1.38. The summed E-state index contributed by atoms with van der Waals surface area (Å²) in [6, 6.07) is 25.1. The summed E-state index contributed by atoms with van der Waals surface area (Å²) in [5, 5.41) is 23.4. The Morgan fingerprint density at radius 1 is 0.848 bits per heavy atom. The molecule has 0 bridgehead atoms. The normalized spacial score (nSPS) is 19.8. The highest BCUT2D eigenvalue weighted by Gasteiger charge is 2.42. The number of aliphatic hydroxyl groups is 2. The minimum absolute atomic E-state index is 0.0985. The molecule has 3 aromatic rings. The highest BCUT2D eigenvalue weighted by atomic mass is 35.5. The van der Waals surface area contributed by atoms with Crippen LogP contribution in [0.15, 0.2) is 78.9 Å². The molecular weight excluding hydrogens is 457 g/mol. The average molecular weight is 487 g/mol. The molecule has 1 atom stereocenters. The van der Waals surface area contributed by atoms with Crippen LogP contribution >= 0.6 is 23.2 Å². The van der Waals surface area contributed by atoms with Gasteiger partial charge in [-0.3, -0.25) is 0 Å². The van der Waals surface area contributed by atoms with Gasteiger partial charge in [-0.05, 0) is 23.3 Å². The molecule has 4 nitrogen and oxygen atoms in total. The van der Waals surface area contributed by atoms with Gasteiger partial charge in [-0.15, -0.1) is 0 Å². The molecule has 1 aliphatic rings. The number of benzene rings is 3. The van der Waals surface area contributed by atoms with Gasteiger partial charge in [0.25, 0.3) is 0 Å². The van der Waals surface area contributed by atoms with E-state index in [9.17, 15) is 10.2 Å². The zero-order valence-corrected chi connectivity index (χ0v) is 20.0. The second kappa shape index (κ2) is 10.9. The lowest BCUT2D eigenvalue weighted by Gasteiger charge is -2.41. The Bertz CT molecular complexity index is 964. The van der Waals surface area contributed by atoms with Gasteiger partial charge >= 0.3 is 0 Å². The van der Waals surface area contributed by atoms with Crippen molar-refractivity contribution in [1.29, 1.82) is 0 Å². The van der Waals surface area contributed by atoms with E-state index in [0.717, 1.165) is 37.1 Å². The van der Waals surface area contributed by atoms with E-state index in [0.29, 0.717) is 22.3 Å². The summed E-state index contributed by atoms with van der Waals surface area (Å²) in [4.78, 5) is 1.30. The lowest BCUT2D eigenvalue weighted by atomic mass is 9.72. The van der Waals surface area contributed by atoms with E-state index in [1.54, 1.807) is 18.2 Å². The highest BCUT2D eigenvalue weighted by molar-refractivity contribution is 6.37. The monoisotopic (exact) mass is 486 g/mol. The number of rotatable bonds is 8. The minimum Gasteiger partial charge on any atom is -0.488 e. The third-order valence-corrected chi connectivity index (χ3v) is 7.17. The zero-order valence-electron chi connectivity index (χ0n) is 18.5. The summed E-state index contributed by atoms with van der Waals surface area (Å²) in [5.41, 5.74) is 0.820. The number of aliphatic hydroxyl groups excluding tert-OH is 1. The van der Waals surface area contributed by atoms with Crippen LogP contribution in [0.25, 0.3) is 0 Å². The Morgan fingerprint density at radius 2 is 1.36 bits per heavy atom. The quantitative estimate of drug-likeness (QED) is 0.451. The Hall–Kier alpha value is -2.08. The summed E-state index contributed by atoms with van der Waals surface area (Å²) in [5.74, 6) is 0.505. The van der Waals surface area contributed by atoms with Crippen LogP contribution in [0.1, 0.15) is 24.0 Å². The Labute approximate surface area is 205 Å². The molecule has 0 spiro atoms. The van der Waals surface area contributed by atoms with Crippen LogP contribution in [-0.4, -0.2) is 42.6 Å². The molecule has 1 saturated heterocycles. The Morgan fingerprint density at radius 3 is 1.88 bits per heavy atom. The van der Waals surface area contributed by atoms with Gasteiger partial charge in [-0.1, -0.05) is 89.9 Å². The maximum absolute atomic E-state index is 12.0. The van der Waals surface area contributed by atoms with Crippen molar-refractivity contribution in [3.63, 3.8) is 0 Å². The fraction of sp³-hybridized carbons (Fsp3) is 0.333. The fourth-order valence-electron chi connectivity index (χ4n) is 4.86. The number of halogens is 2. The smallest absolute Gasteiger partial charge is 0.156 e. The van der Waals surface area contributed by atoms with E-state index in [4.69, 9.17) is 27.9 Å². The van der Waals surface area contributed by atoms with E-state index in [-0.39, 0.29) is 12.5 Å². The fourth-order valence-corrected chi connectivity index (χ4v) is 5.37. The van der Waals surface area contributed by atoms with Gasteiger partial charge in [0.1, 0.15) is 24.9 Å². The third kappa shape index (κ3) is 5.53. The SMILES string of the molecule is O[C@@H](COc1c(Cl)cccc1Cl)C[NH+]1CCC(C(O)(c2ccccc2)c2ccccc2)CC1. The molecule has 1 fully saturated rings. The molecule has 4 rings (SSSR count). The first-order valence-corrected chi connectivity index (χ1v) is 12.2. The predicted octanol–water partition coefficient (Wildman–Crippen LogP) is 3.96. The van der Waals surface area contributed by atoms with Crippen LogP contribution in [-0.2, 0) is 5.60 Å². The lowest BCUT2D eigenvalue weighted by molar-refractivity contribution is -0.909. The van der Waals surface area contributed by atoms with Crippen molar-refractivity contribution in [3.05, 3.63) is 100 Å². The molecule has 6 heteroatoms. The van der Waals surface area contributed by atoms with Crippen LogP contribution in [0.2, 0.25) is 10.0 Å². The zero-order chi connectivity index (χ0) is 23.3. The summed E-state index contributed by atoms with van der Waals surface area (Å²) in [6.07, 6.45) is 1.09. The Kier molecular flexibility index (Phi) is 7.94. The molecule has 0 saturated carbocycles. The van der Waals surface area contributed by atoms with Gasteiger partial charge < -0.3 is 19.8 Å². The number of hydrogen-bond donors (Lipinski definition) is 3. The number of para-hydroxylation sites is 1. The van der Waals surface area contributed by atoms with Crippen molar-refractivity contribution in [1.82, 2.24) is 0 Å². The molecule has 1 heterocycles. The molecule has 0 unspecified atom stereocenters. The van der Waals surface area contributed by atoms with Gasteiger partial charge in [0, 0.05) is 18.8 Å². The van der Waals surface area contributed by atoms with E-state index < -0.39 is 11.7 Å². The van der Waals surface area contributed by atoms with Crippen molar-refractivity contribution in [2.45, 2.75) is 24.5 Å². The van der Waals surface area contributed by atoms with Gasteiger partial charge in [0.15, 0.2) is 5.75 Å². The van der Waals surface area contributed by atoms with Crippen molar-refractivity contribution in [2.75, 3.05) is 26.2 Å². The van der Waals surface area contributed by atoms with E-state index >= 15 is 0 Å². The molecule has 174 valence electrons. The van der Waals surface area contributed by atoms with Gasteiger partial charge in [-0.25, -0.2) is 0 Å². The molecule has 33 heavy (non-hydrogen) atoms. The summed E-state index contributed by atoms with van der Waals surface area (Å²) < 4.78 is 5.69. The first kappa shape index (κ1) is 24.1. The number of nitrogens with one attached hydrogen (secondary N) is 1. The first-order valence-electron chi connectivity index (χ1n) is 11.4. The minimum atomic E-state index is -1.03. The first-order chi connectivity index (χ1) is 16.0. The number of hydrogen-bond acceptors (Lipinski definition) is 3. The van der Waals surface area contributed by atoms with Gasteiger partial charge in [0.05, 0.1) is 23.1 Å². The van der Waals surface area contributed by atoms with E-state index in [1.807, 2.05) is 60.7 Å². The highest BCUT2D eigenvalue weighted by Crippen LogP contribution is 2.40. The van der Waals surface area contributed by atoms with Crippen LogP contribution in [0, 0.1) is 5.92 Å². The number of likely N-dealkylation sites (tertiary alicyclic amines) is 1. The molecular formula is C27H30Cl2NO3+. The van der Waals surface area contributed by atoms with Crippen LogP contribution in [0.5, 0.6) is 5.75 Å². The van der Waals surface area contributed by atoms with Crippen LogP contribution in [0.4, 0.5) is 0 Å². The molecule has 3 aromatic carbocycles. The number of piperidine rings is 1. The molecule has 0 aromatic heterocycles.